The molecule has 9 heteroatoms. The highest BCUT2D eigenvalue weighted by atomic mass is 32.2. The first kappa shape index (κ1) is 16.9. The van der Waals surface area contributed by atoms with Crippen molar-refractivity contribution in [2.45, 2.75) is 17.9 Å². The molecule has 0 heterocycles. The second kappa shape index (κ2) is 6.55. The lowest BCUT2D eigenvalue weighted by molar-refractivity contribution is -0.142. The fourth-order valence-electron chi connectivity index (χ4n) is 1.54. The predicted octanol–water partition coefficient (Wildman–Crippen LogP) is 0.233. The number of methoxy groups -OCH3 is 2. The number of sulfonamides is 1. The summed E-state index contributed by atoms with van der Waals surface area (Å²) in [5, 5.41) is 8.87. The fraction of sp³-hybridized carbons (Fsp3) is 0.333. The number of ether oxygens (including phenoxy) is 2. The number of nitrogens with one attached hydrogen (secondary N) is 1. The van der Waals surface area contributed by atoms with Gasteiger partial charge in [-0.2, -0.15) is 4.72 Å². The van der Waals surface area contributed by atoms with Crippen molar-refractivity contribution < 1.29 is 32.6 Å². The van der Waals surface area contributed by atoms with E-state index in [0.717, 1.165) is 25.3 Å². The third-order valence-corrected chi connectivity index (χ3v) is 4.17. The highest BCUT2D eigenvalue weighted by molar-refractivity contribution is 7.89. The van der Waals surface area contributed by atoms with Crippen LogP contribution in [0.15, 0.2) is 23.1 Å². The van der Waals surface area contributed by atoms with Crippen LogP contribution in [0, 0.1) is 0 Å². The largest absolute Gasteiger partial charge is 0.495 e. The predicted molar refractivity (Wildman–Crippen MR) is 71.8 cm³/mol. The van der Waals surface area contributed by atoms with Crippen LogP contribution in [0.25, 0.3) is 0 Å². The zero-order valence-corrected chi connectivity index (χ0v) is 12.4. The summed E-state index contributed by atoms with van der Waals surface area (Å²) in [5.41, 5.74) is -0.119. The van der Waals surface area contributed by atoms with Gasteiger partial charge in [0.15, 0.2) is 0 Å². The van der Waals surface area contributed by atoms with Crippen molar-refractivity contribution in [3.63, 3.8) is 0 Å². The van der Waals surface area contributed by atoms with Gasteiger partial charge in [-0.3, -0.25) is 4.79 Å². The maximum atomic E-state index is 12.2. The van der Waals surface area contributed by atoms with Crippen molar-refractivity contribution in [3.05, 3.63) is 23.8 Å². The van der Waals surface area contributed by atoms with Gasteiger partial charge in [0, 0.05) is 0 Å². The number of carboxylic acid groups (broad SMARTS) is 1. The van der Waals surface area contributed by atoms with Crippen LogP contribution in [-0.4, -0.2) is 45.7 Å². The number of carbonyl (C=O) groups excluding carboxylic acids is 1. The SMILES string of the molecule is COC(=O)[C@H](C)NS(=O)(=O)c1ccc(C(=O)O)cc1OC. The normalized spacial score (nSPS) is 12.5. The summed E-state index contributed by atoms with van der Waals surface area (Å²) in [6.45, 7) is 1.32. The molecule has 0 saturated heterocycles. The Labute approximate surface area is 121 Å². The molecule has 0 aromatic heterocycles. The van der Waals surface area contributed by atoms with E-state index < -0.39 is 28.0 Å². The summed E-state index contributed by atoms with van der Waals surface area (Å²) in [6, 6.07) is 2.21. The summed E-state index contributed by atoms with van der Waals surface area (Å²) in [5.74, 6) is -2.10. The first-order chi connectivity index (χ1) is 9.72. The van der Waals surface area contributed by atoms with Crippen LogP contribution in [0.5, 0.6) is 5.75 Å². The number of hydrogen-bond acceptors (Lipinski definition) is 6. The lowest BCUT2D eigenvalue weighted by Crippen LogP contribution is -2.39. The molecule has 2 N–H and O–H groups in total. The molecule has 116 valence electrons. The molecular formula is C12H15NO7S. The second-order valence-electron chi connectivity index (χ2n) is 4.04. The third-order valence-electron chi connectivity index (χ3n) is 2.59. The summed E-state index contributed by atoms with van der Waals surface area (Å²) < 4.78 is 35.8. The van der Waals surface area contributed by atoms with Gasteiger partial charge in [0.05, 0.1) is 19.8 Å². The van der Waals surface area contributed by atoms with Gasteiger partial charge in [-0.1, -0.05) is 0 Å². The van der Waals surface area contributed by atoms with E-state index in [1.807, 2.05) is 0 Å². The molecule has 0 unspecified atom stereocenters. The van der Waals surface area contributed by atoms with Crippen molar-refractivity contribution in [2.75, 3.05) is 14.2 Å². The van der Waals surface area contributed by atoms with Crippen LogP contribution in [0.1, 0.15) is 17.3 Å². The summed E-state index contributed by atoms with van der Waals surface area (Å²) in [6.07, 6.45) is 0. The van der Waals surface area contributed by atoms with Gasteiger partial charge in [-0.15, -0.1) is 0 Å². The van der Waals surface area contributed by atoms with Gasteiger partial charge in [0.2, 0.25) is 10.0 Å². The Kier molecular flexibility index (Phi) is 5.28. The molecule has 1 aromatic carbocycles. The van der Waals surface area contributed by atoms with Gasteiger partial charge in [0.25, 0.3) is 0 Å². The highest BCUT2D eigenvalue weighted by Gasteiger charge is 2.26. The van der Waals surface area contributed by atoms with Gasteiger partial charge in [0.1, 0.15) is 16.7 Å². The smallest absolute Gasteiger partial charge is 0.335 e. The van der Waals surface area contributed by atoms with Crippen LogP contribution >= 0.6 is 0 Å². The van der Waals surface area contributed by atoms with Crippen LogP contribution in [-0.2, 0) is 19.6 Å². The first-order valence-electron chi connectivity index (χ1n) is 5.74. The minimum Gasteiger partial charge on any atom is -0.495 e. The van der Waals surface area contributed by atoms with Crippen LogP contribution in [0.3, 0.4) is 0 Å². The second-order valence-corrected chi connectivity index (χ2v) is 5.72. The number of aromatic carboxylic acids is 1. The lowest BCUT2D eigenvalue weighted by Gasteiger charge is -2.14. The average molecular weight is 317 g/mol. The first-order valence-corrected chi connectivity index (χ1v) is 7.22. The Balaban J connectivity index is 3.19. The van der Waals surface area contributed by atoms with Crippen molar-refractivity contribution in [1.29, 1.82) is 0 Å². The van der Waals surface area contributed by atoms with E-state index in [9.17, 15) is 18.0 Å². The maximum absolute atomic E-state index is 12.2. The van der Waals surface area contributed by atoms with Crippen molar-refractivity contribution in [2.24, 2.45) is 0 Å². The molecular weight excluding hydrogens is 302 g/mol. The van der Waals surface area contributed by atoms with Crippen LogP contribution in [0.4, 0.5) is 0 Å². The van der Waals surface area contributed by atoms with Crippen LogP contribution in [0.2, 0.25) is 0 Å². The Bertz CT molecular complexity index is 654. The molecule has 8 nitrogen and oxygen atoms in total. The molecule has 1 atom stereocenters. The Morgan fingerprint density at radius 3 is 2.38 bits per heavy atom. The molecule has 1 aromatic rings. The van der Waals surface area contributed by atoms with E-state index in [0.29, 0.717) is 0 Å². The lowest BCUT2D eigenvalue weighted by atomic mass is 10.2. The maximum Gasteiger partial charge on any atom is 0.335 e. The Morgan fingerprint density at radius 1 is 1.29 bits per heavy atom. The van der Waals surface area contributed by atoms with E-state index in [-0.39, 0.29) is 16.2 Å². The highest BCUT2D eigenvalue weighted by Crippen LogP contribution is 2.25. The third kappa shape index (κ3) is 3.92. The number of esters is 1. The molecule has 0 spiro atoms. The van der Waals surface area contributed by atoms with Gasteiger partial charge < -0.3 is 14.6 Å². The van der Waals surface area contributed by atoms with Crippen molar-refractivity contribution >= 4 is 22.0 Å². The Morgan fingerprint density at radius 2 is 1.90 bits per heavy atom. The molecule has 0 radical (unpaired) electrons. The van der Waals surface area contributed by atoms with E-state index in [2.05, 4.69) is 9.46 Å². The number of carboxylic acids is 1. The zero-order valence-electron chi connectivity index (χ0n) is 11.6. The van der Waals surface area contributed by atoms with E-state index >= 15 is 0 Å². The molecule has 0 aliphatic rings. The Hall–Kier alpha value is -2.13. The average Bonchev–Trinajstić information content (AvgIpc) is 2.44. The van der Waals surface area contributed by atoms with Gasteiger partial charge in [-0.05, 0) is 25.1 Å². The minimum atomic E-state index is -4.07. The summed E-state index contributed by atoms with van der Waals surface area (Å²) in [7, 11) is -1.72. The molecule has 0 aliphatic carbocycles. The van der Waals surface area contributed by atoms with Crippen LogP contribution < -0.4 is 9.46 Å². The molecule has 0 saturated carbocycles. The molecule has 21 heavy (non-hydrogen) atoms. The molecule has 0 fully saturated rings. The molecule has 0 amide bonds. The minimum absolute atomic E-state index is 0.119. The van der Waals surface area contributed by atoms with Gasteiger partial charge >= 0.3 is 11.9 Å². The van der Waals surface area contributed by atoms with Crippen molar-refractivity contribution in [3.8, 4) is 5.75 Å². The topological polar surface area (TPSA) is 119 Å². The summed E-state index contributed by atoms with van der Waals surface area (Å²) >= 11 is 0. The summed E-state index contributed by atoms with van der Waals surface area (Å²) in [4.78, 5) is 21.8. The number of rotatable bonds is 6. The number of hydrogen-bond donors (Lipinski definition) is 2. The quantitative estimate of drug-likeness (QED) is 0.721. The standard InChI is InChI=1S/C12H15NO7S/c1-7(12(16)20-3)13-21(17,18)10-5-4-8(11(14)15)6-9(10)19-2/h4-7,13H,1-3H3,(H,14,15)/t7-/m0/s1. The molecule has 0 bridgehead atoms. The van der Waals surface area contributed by atoms with E-state index in [1.165, 1.54) is 14.0 Å². The zero-order chi connectivity index (χ0) is 16.2. The van der Waals surface area contributed by atoms with Gasteiger partial charge in [-0.25, -0.2) is 13.2 Å². The van der Waals surface area contributed by atoms with E-state index in [4.69, 9.17) is 9.84 Å². The monoisotopic (exact) mass is 317 g/mol. The molecule has 1 rings (SSSR count). The van der Waals surface area contributed by atoms with Crippen molar-refractivity contribution in [1.82, 2.24) is 4.72 Å². The fourth-order valence-corrected chi connectivity index (χ4v) is 2.89. The molecule has 0 aliphatic heterocycles. The van der Waals surface area contributed by atoms with E-state index in [1.54, 1.807) is 0 Å². The number of benzene rings is 1. The number of carbonyl (C=O) groups is 2.